The van der Waals surface area contributed by atoms with Gasteiger partial charge in [0.05, 0.1) is 0 Å². The van der Waals surface area contributed by atoms with E-state index in [-0.39, 0.29) is 11.2 Å². The molecule has 0 atom stereocenters. The van der Waals surface area contributed by atoms with Crippen LogP contribution in [-0.4, -0.2) is 12.7 Å². The van der Waals surface area contributed by atoms with Crippen molar-refractivity contribution in [2.75, 3.05) is 0 Å². The predicted octanol–water partition coefficient (Wildman–Crippen LogP) is 4.35. The first-order valence-corrected chi connectivity index (χ1v) is 6.93. The van der Waals surface area contributed by atoms with Crippen LogP contribution in [0.15, 0.2) is 36.4 Å². The highest BCUT2D eigenvalue weighted by Crippen LogP contribution is 2.34. The van der Waals surface area contributed by atoms with E-state index in [1.54, 1.807) is 0 Å². The van der Waals surface area contributed by atoms with E-state index in [0.29, 0.717) is 23.8 Å². The molecule has 0 bridgehead atoms. The quantitative estimate of drug-likeness (QED) is 0.854. The van der Waals surface area contributed by atoms with Gasteiger partial charge in [-0.05, 0) is 22.6 Å². The van der Waals surface area contributed by atoms with Crippen LogP contribution in [0.25, 0.3) is 11.1 Å². The molecule has 0 aliphatic heterocycles. The molecule has 21 heavy (non-hydrogen) atoms. The lowest BCUT2D eigenvalue weighted by atomic mass is 9.86. The Bertz CT molecular complexity index is 636. The summed E-state index contributed by atoms with van der Waals surface area (Å²) in [5, 5.41) is 9.00. The normalized spacial score (nSPS) is 11.3. The van der Waals surface area contributed by atoms with Crippen molar-refractivity contribution in [1.82, 2.24) is 0 Å². The lowest BCUT2D eigenvalue weighted by molar-refractivity contribution is 0.432. The maximum Gasteiger partial charge on any atom is 0.569 e. The third-order valence-corrected chi connectivity index (χ3v) is 3.46. The predicted molar refractivity (Wildman–Crippen MR) is 84.1 cm³/mol. The molecule has 0 heterocycles. The van der Waals surface area contributed by atoms with Crippen molar-refractivity contribution < 1.29 is 14.1 Å². The fourth-order valence-electron chi connectivity index (χ4n) is 2.07. The molecular formula is C16H16BClFO2. The van der Waals surface area contributed by atoms with Gasteiger partial charge in [0.25, 0.3) is 0 Å². The van der Waals surface area contributed by atoms with Gasteiger partial charge in [-0.2, -0.15) is 0 Å². The van der Waals surface area contributed by atoms with Crippen LogP contribution in [-0.2, 0) is 5.41 Å². The van der Waals surface area contributed by atoms with Gasteiger partial charge in [0.2, 0.25) is 0 Å². The van der Waals surface area contributed by atoms with Gasteiger partial charge in [-0.3, -0.25) is 0 Å². The third kappa shape index (κ3) is 3.58. The zero-order valence-electron chi connectivity index (χ0n) is 12.2. The Kier molecular flexibility index (Phi) is 4.59. The average molecular weight is 306 g/mol. The van der Waals surface area contributed by atoms with Crippen molar-refractivity contribution in [2.24, 2.45) is 0 Å². The SMILES string of the molecule is CC(C)(C)c1ccc(-c2cc(Cl)cc(O[B]O)c2F)cc1. The lowest BCUT2D eigenvalue weighted by Gasteiger charge is -2.19. The van der Waals surface area contributed by atoms with E-state index in [0.717, 1.165) is 5.56 Å². The largest absolute Gasteiger partial charge is 0.569 e. The van der Waals surface area contributed by atoms with E-state index >= 15 is 0 Å². The maximum atomic E-state index is 14.3. The molecule has 0 saturated carbocycles. The molecule has 0 aliphatic rings. The van der Waals surface area contributed by atoms with Crippen LogP contribution in [0.4, 0.5) is 4.39 Å². The molecular weight excluding hydrogens is 289 g/mol. The van der Waals surface area contributed by atoms with Crippen LogP contribution >= 0.6 is 11.6 Å². The molecule has 2 rings (SSSR count). The summed E-state index contributed by atoms with van der Waals surface area (Å²) in [6, 6.07) is 10.5. The Morgan fingerprint density at radius 3 is 2.29 bits per heavy atom. The Labute approximate surface area is 129 Å². The van der Waals surface area contributed by atoms with Crippen molar-refractivity contribution in [2.45, 2.75) is 26.2 Å². The molecule has 2 nitrogen and oxygen atoms in total. The summed E-state index contributed by atoms with van der Waals surface area (Å²) in [5.41, 5.74) is 2.23. The first kappa shape index (κ1) is 15.9. The van der Waals surface area contributed by atoms with Crippen molar-refractivity contribution in [1.29, 1.82) is 0 Å². The van der Waals surface area contributed by atoms with Gasteiger partial charge in [-0.15, -0.1) is 0 Å². The molecule has 0 aromatic heterocycles. The van der Waals surface area contributed by atoms with Crippen LogP contribution in [0.3, 0.4) is 0 Å². The average Bonchev–Trinajstić information content (AvgIpc) is 2.42. The molecule has 109 valence electrons. The van der Waals surface area contributed by atoms with E-state index in [9.17, 15) is 4.39 Å². The molecule has 0 unspecified atom stereocenters. The Balaban J connectivity index is 2.47. The Morgan fingerprint density at radius 2 is 1.76 bits per heavy atom. The van der Waals surface area contributed by atoms with E-state index in [1.165, 1.54) is 12.1 Å². The maximum absolute atomic E-state index is 14.3. The zero-order chi connectivity index (χ0) is 15.6. The number of rotatable bonds is 3. The van der Waals surface area contributed by atoms with E-state index in [2.05, 4.69) is 20.8 Å². The number of halogens is 2. The second-order valence-corrected chi connectivity index (χ2v) is 6.25. The zero-order valence-corrected chi connectivity index (χ0v) is 12.9. The second kappa shape index (κ2) is 6.08. The molecule has 1 radical (unpaired) electrons. The van der Waals surface area contributed by atoms with Crippen molar-refractivity contribution in [3.05, 3.63) is 52.8 Å². The van der Waals surface area contributed by atoms with Gasteiger partial charge in [0.1, 0.15) is 5.75 Å². The lowest BCUT2D eigenvalue weighted by Crippen LogP contribution is -2.10. The first-order valence-electron chi connectivity index (χ1n) is 6.55. The van der Waals surface area contributed by atoms with Crippen LogP contribution in [0.1, 0.15) is 26.3 Å². The third-order valence-electron chi connectivity index (χ3n) is 3.25. The van der Waals surface area contributed by atoms with Crippen molar-refractivity contribution >= 4 is 19.3 Å². The fourth-order valence-corrected chi connectivity index (χ4v) is 2.27. The van der Waals surface area contributed by atoms with E-state index in [4.69, 9.17) is 21.3 Å². The number of hydrogen-bond donors (Lipinski definition) is 1. The van der Waals surface area contributed by atoms with Gasteiger partial charge < -0.3 is 9.68 Å². The number of hydrogen-bond acceptors (Lipinski definition) is 2. The van der Waals surface area contributed by atoms with Gasteiger partial charge in [-0.25, -0.2) is 4.39 Å². The molecule has 1 N–H and O–H groups in total. The molecule has 0 saturated heterocycles. The van der Waals surface area contributed by atoms with Crippen LogP contribution in [0.5, 0.6) is 5.75 Å². The first-order chi connectivity index (χ1) is 9.82. The smallest absolute Gasteiger partial charge is 0.535 e. The standard InChI is InChI=1S/C16H16BClFO2/c1-16(2,3)11-6-4-10(5-7-11)13-8-12(18)9-14(15(13)19)21-17-20/h4-9,20H,1-3H3. The summed E-state index contributed by atoms with van der Waals surface area (Å²) < 4.78 is 19.1. The summed E-state index contributed by atoms with van der Waals surface area (Å²) in [6.07, 6.45) is 0. The van der Waals surface area contributed by atoms with E-state index < -0.39 is 5.82 Å². The Morgan fingerprint density at radius 1 is 1.14 bits per heavy atom. The van der Waals surface area contributed by atoms with Crippen LogP contribution in [0.2, 0.25) is 5.02 Å². The highest BCUT2D eigenvalue weighted by atomic mass is 35.5. The van der Waals surface area contributed by atoms with E-state index in [1.807, 2.05) is 24.3 Å². The summed E-state index contributed by atoms with van der Waals surface area (Å²) >= 11 is 5.97. The van der Waals surface area contributed by atoms with Gasteiger partial charge in [0, 0.05) is 16.7 Å². The van der Waals surface area contributed by atoms with Gasteiger partial charge in [0.15, 0.2) is 5.82 Å². The molecule has 2 aromatic rings. The molecule has 0 amide bonds. The fraction of sp³-hybridized carbons (Fsp3) is 0.250. The summed E-state index contributed by atoms with van der Waals surface area (Å²) in [7, 11) is 0.432. The highest BCUT2D eigenvalue weighted by molar-refractivity contribution is 6.31. The van der Waals surface area contributed by atoms with Crippen LogP contribution in [0, 0.1) is 5.82 Å². The summed E-state index contributed by atoms with van der Waals surface area (Å²) in [5.74, 6) is -0.673. The highest BCUT2D eigenvalue weighted by Gasteiger charge is 2.16. The topological polar surface area (TPSA) is 29.5 Å². The minimum absolute atomic E-state index is 0.0333. The summed E-state index contributed by atoms with van der Waals surface area (Å²) in [4.78, 5) is 0. The molecule has 0 spiro atoms. The van der Waals surface area contributed by atoms with Crippen LogP contribution < -0.4 is 4.65 Å². The van der Waals surface area contributed by atoms with Crippen molar-refractivity contribution in [3.8, 4) is 16.9 Å². The molecule has 0 fully saturated rings. The summed E-state index contributed by atoms with van der Waals surface area (Å²) in [6.45, 7) is 6.35. The monoisotopic (exact) mass is 305 g/mol. The van der Waals surface area contributed by atoms with Gasteiger partial charge in [-0.1, -0.05) is 56.6 Å². The minimum atomic E-state index is -0.562. The second-order valence-electron chi connectivity index (χ2n) is 5.82. The van der Waals surface area contributed by atoms with Crippen molar-refractivity contribution in [3.63, 3.8) is 0 Å². The minimum Gasteiger partial charge on any atom is -0.535 e. The van der Waals surface area contributed by atoms with Gasteiger partial charge >= 0.3 is 7.69 Å². The Hall–Kier alpha value is -1.52. The number of benzene rings is 2. The molecule has 2 aromatic carbocycles. The molecule has 0 aliphatic carbocycles. The molecule has 5 heteroatoms.